The summed E-state index contributed by atoms with van der Waals surface area (Å²) in [5.41, 5.74) is 0.684. The average Bonchev–Trinajstić information content (AvgIpc) is 2.76. The van der Waals surface area contributed by atoms with Crippen LogP contribution in [0.25, 0.3) is 0 Å². The predicted octanol–water partition coefficient (Wildman–Crippen LogP) is 4.35. The molecule has 0 bridgehead atoms. The standard InChI is InChI=1S/C20H32O2/c1-18-9-7-14-15-4-5-17(22)19(15,2)10-8-16(14)20(18,3)11-6-13(21)12-18/h13-16,21H,4-12H2,1-3H3/t13-,14+,15+,16+,18-,19-,20+/m1/s1. The van der Waals surface area contributed by atoms with Gasteiger partial charge in [0.2, 0.25) is 0 Å². The van der Waals surface area contributed by atoms with Crippen molar-refractivity contribution in [1.82, 2.24) is 0 Å². The molecule has 4 rings (SSSR count). The topological polar surface area (TPSA) is 37.3 Å². The normalized spacial score (nSPS) is 57.9. The lowest BCUT2D eigenvalue weighted by Gasteiger charge is -2.64. The highest BCUT2D eigenvalue weighted by atomic mass is 16.3. The van der Waals surface area contributed by atoms with Crippen molar-refractivity contribution in [3.8, 4) is 0 Å². The van der Waals surface area contributed by atoms with Gasteiger partial charge < -0.3 is 5.11 Å². The van der Waals surface area contributed by atoms with E-state index in [1.807, 2.05) is 0 Å². The summed E-state index contributed by atoms with van der Waals surface area (Å²) < 4.78 is 0. The minimum Gasteiger partial charge on any atom is -0.393 e. The summed E-state index contributed by atoms with van der Waals surface area (Å²) in [6, 6.07) is 0. The van der Waals surface area contributed by atoms with Crippen molar-refractivity contribution in [2.24, 2.45) is 34.0 Å². The number of hydrogen-bond donors (Lipinski definition) is 1. The van der Waals surface area contributed by atoms with E-state index in [9.17, 15) is 9.90 Å². The lowest BCUT2D eigenvalue weighted by Crippen LogP contribution is -2.58. The van der Waals surface area contributed by atoms with E-state index in [-0.39, 0.29) is 11.5 Å². The van der Waals surface area contributed by atoms with Gasteiger partial charge in [-0.15, -0.1) is 0 Å². The zero-order chi connectivity index (χ0) is 15.8. The van der Waals surface area contributed by atoms with E-state index >= 15 is 0 Å². The molecule has 0 unspecified atom stereocenters. The van der Waals surface area contributed by atoms with Gasteiger partial charge in [0.05, 0.1) is 6.10 Å². The molecule has 4 aliphatic carbocycles. The van der Waals surface area contributed by atoms with Crippen molar-refractivity contribution in [2.45, 2.75) is 84.7 Å². The summed E-state index contributed by atoms with van der Waals surface area (Å²) in [5.74, 6) is 2.74. The van der Waals surface area contributed by atoms with Gasteiger partial charge in [-0.1, -0.05) is 20.8 Å². The van der Waals surface area contributed by atoms with Crippen LogP contribution < -0.4 is 0 Å². The van der Waals surface area contributed by atoms with Gasteiger partial charge in [0, 0.05) is 11.8 Å². The number of rotatable bonds is 0. The highest BCUT2D eigenvalue weighted by molar-refractivity contribution is 5.87. The Hall–Kier alpha value is -0.370. The molecule has 0 aromatic carbocycles. The molecule has 4 aliphatic rings. The number of carbonyl (C=O) groups is 1. The Bertz CT molecular complexity index is 500. The monoisotopic (exact) mass is 304 g/mol. The van der Waals surface area contributed by atoms with Crippen molar-refractivity contribution in [1.29, 1.82) is 0 Å². The van der Waals surface area contributed by atoms with Gasteiger partial charge in [-0.05, 0) is 80.0 Å². The summed E-state index contributed by atoms with van der Waals surface area (Å²) in [6.07, 6.45) is 9.95. The molecule has 0 heterocycles. The first-order chi connectivity index (χ1) is 10.3. The summed E-state index contributed by atoms with van der Waals surface area (Å²) in [4.78, 5) is 12.4. The summed E-state index contributed by atoms with van der Waals surface area (Å²) in [6.45, 7) is 7.23. The lowest BCUT2D eigenvalue weighted by atomic mass is 9.40. The number of aliphatic hydroxyl groups excluding tert-OH is 1. The molecule has 0 aliphatic heterocycles. The average molecular weight is 304 g/mol. The highest BCUT2D eigenvalue weighted by Gasteiger charge is 2.63. The predicted molar refractivity (Wildman–Crippen MR) is 87.4 cm³/mol. The fraction of sp³-hybridized carbons (Fsp3) is 0.950. The Labute approximate surface area is 135 Å². The van der Waals surface area contributed by atoms with E-state index in [0.29, 0.717) is 22.5 Å². The van der Waals surface area contributed by atoms with Gasteiger partial charge in [0.15, 0.2) is 0 Å². The van der Waals surface area contributed by atoms with Gasteiger partial charge in [-0.2, -0.15) is 0 Å². The number of fused-ring (bicyclic) bond motifs is 5. The maximum Gasteiger partial charge on any atom is 0.139 e. The molecule has 0 radical (unpaired) electrons. The zero-order valence-corrected chi connectivity index (χ0v) is 14.5. The molecule has 7 atom stereocenters. The third kappa shape index (κ3) is 1.74. The van der Waals surface area contributed by atoms with Crippen molar-refractivity contribution in [2.75, 3.05) is 0 Å². The van der Waals surface area contributed by atoms with Crippen LogP contribution >= 0.6 is 0 Å². The minimum absolute atomic E-state index is 0.000547. The van der Waals surface area contributed by atoms with Crippen molar-refractivity contribution in [3.63, 3.8) is 0 Å². The quantitative estimate of drug-likeness (QED) is 0.722. The molecule has 0 aromatic rings. The Morgan fingerprint density at radius 3 is 2.50 bits per heavy atom. The van der Waals surface area contributed by atoms with Gasteiger partial charge in [-0.3, -0.25) is 4.79 Å². The largest absolute Gasteiger partial charge is 0.393 e. The maximum absolute atomic E-state index is 12.4. The fourth-order valence-corrected chi connectivity index (χ4v) is 7.38. The molecule has 124 valence electrons. The lowest BCUT2D eigenvalue weighted by molar-refractivity contribution is -0.169. The molecular weight excluding hydrogens is 272 g/mol. The third-order valence-electron chi connectivity index (χ3n) is 9.06. The Balaban J connectivity index is 1.68. The summed E-state index contributed by atoms with van der Waals surface area (Å²) >= 11 is 0. The Morgan fingerprint density at radius 1 is 0.955 bits per heavy atom. The molecule has 2 heteroatoms. The molecule has 4 fully saturated rings. The molecule has 2 nitrogen and oxygen atoms in total. The van der Waals surface area contributed by atoms with Crippen LogP contribution in [0, 0.1) is 34.0 Å². The molecule has 4 saturated carbocycles. The van der Waals surface area contributed by atoms with Crippen molar-refractivity contribution in [3.05, 3.63) is 0 Å². The van der Waals surface area contributed by atoms with E-state index in [0.717, 1.165) is 43.9 Å². The van der Waals surface area contributed by atoms with Crippen LogP contribution in [0.3, 0.4) is 0 Å². The van der Waals surface area contributed by atoms with Gasteiger partial charge >= 0.3 is 0 Å². The number of Topliss-reactive ketones (excluding diaryl/α,β-unsaturated/α-hetero) is 1. The van der Waals surface area contributed by atoms with Crippen LogP contribution in [0.2, 0.25) is 0 Å². The summed E-state index contributed by atoms with van der Waals surface area (Å²) in [7, 11) is 0. The van der Waals surface area contributed by atoms with Crippen LogP contribution in [0.4, 0.5) is 0 Å². The zero-order valence-electron chi connectivity index (χ0n) is 14.5. The van der Waals surface area contributed by atoms with E-state index in [2.05, 4.69) is 20.8 Å². The molecule has 0 aromatic heterocycles. The number of aliphatic hydroxyl groups is 1. The molecular formula is C20H32O2. The minimum atomic E-state index is -0.0865. The molecule has 0 amide bonds. The second kappa shape index (κ2) is 4.59. The van der Waals surface area contributed by atoms with Gasteiger partial charge in [0.1, 0.15) is 5.78 Å². The second-order valence-electron chi connectivity index (χ2n) is 9.71. The first-order valence-electron chi connectivity index (χ1n) is 9.52. The second-order valence-corrected chi connectivity index (χ2v) is 9.71. The Morgan fingerprint density at radius 2 is 1.73 bits per heavy atom. The van der Waals surface area contributed by atoms with E-state index in [4.69, 9.17) is 0 Å². The highest BCUT2D eigenvalue weighted by Crippen LogP contribution is 2.69. The SMILES string of the molecule is C[C@]12CC[C@H]3[C@@H]4CCC(=O)[C@]4(C)CC[C@@H]3[C@]1(C)CC[C@@H](O)C2. The molecule has 22 heavy (non-hydrogen) atoms. The number of hydrogen-bond acceptors (Lipinski definition) is 2. The first kappa shape index (κ1) is 15.2. The third-order valence-corrected chi connectivity index (χ3v) is 9.06. The smallest absolute Gasteiger partial charge is 0.139 e. The molecule has 1 N–H and O–H groups in total. The fourth-order valence-electron chi connectivity index (χ4n) is 7.38. The van der Waals surface area contributed by atoms with Crippen molar-refractivity contribution >= 4 is 5.78 Å². The number of ketones is 1. The van der Waals surface area contributed by atoms with Crippen LogP contribution in [-0.4, -0.2) is 17.0 Å². The number of carbonyl (C=O) groups excluding carboxylic acids is 1. The molecule has 0 spiro atoms. The van der Waals surface area contributed by atoms with Crippen LogP contribution in [0.5, 0.6) is 0 Å². The van der Waals surface area contributed by atoms with E-state index in [1.165, 1.54) is 25.7 Å². The van der Waals surface area contributed by atoms with E-state index in [1.54, 1.807) is 0 Å². The first-order valence-corrected chi connectivity index (χ1v) is 9.52. The van der Waals surface area contributed by atoms with Crippen LogP contribution in [-0.2, 0) is 4.79 Å². The van der Waals surface area contributed by atoms with Gasteiger partial charge in [-0.25, -0.2) is 0 Å². The molecule has 0 saturated heterocycles. The maximum atomic E-state index is 12.4. The van der Waals surface area contributed by atoms with Crippen LogP contribution in [0.15, 0.2) is 0 Å². The van der Waals surface area contributed by atoms with Crippen molar-refractivity contribution < 1.29 is 9.90 Å². The van der Waals surface area contributed by atoms with Gasteiger partial charge in [0.25, 0.3) is 0 Å². The Kier molecular flexibility index (Phi) is 3.16. The van der Waals surface area contributed by atoms with E-state index < -0.39 is 0 Å². The summed E-state index contributed by atoms with van der Waals surface area (Å²) in [5, 5.41) is 10.2. The van der Waals surface area contributed by atoms with Crippen LogP contribution in [0.1, 0.15) is 78.6 Å².